The summed E-state index contributed by atoms with van der Waals surface area (Å²) in [5.41, 5.74) is 1.12. The van der Waals surface area contributed by atoms with Gasteiger partial charge >= 0.3 is 17.9 Å². The van der Waals surface area contributed by atoms with Crippen molar-refractivity contribution < 1.29 is 38.2 Å². The molecular weight excluding hydrogens is 540 g/mol. The van der Waals surface area contributed by atoms with Crippen molar-refractivity contribution in [1.82, 2.24) is 10.2 Å². The molecule has 0 aromatic heterocycles. The van der Waals surface area contributed by atoms with E-state index in [9.17, 15) is 24.0 Å². The largest absolute Gasteiger partial charge is 0.457 e. The third kappa shape index (κ3) is 8.41. The van der Waals surface area contributed by atoms with Crippen LogP contribution in [-0.2, 0) is 38.2 Å². The smallest absolute Gasteiger partial charge is 0.329 e. The summed E-state index contributed by atoms with van der Waals surface area (Å²) in [4.78, 5) is 67.7. The fraction of sp³-hybridized carbons (Fsp3) is 0.469. The molecule has 226 valence electrons. The highest BCUT2D eigenvalue weighted by atomic mass is 16.6. The average Bonchev–Trinajstić information content (AvgIpc) is 2.96. The van der Waals surface area contributed by atoms with Crippen molar-refractivity contribution >= 4 is 29.7 Å². The SMILES string of the molecule is CC(C)C1NC(=O)C(C)N(C)C(=O)C(C(C)C)OC(=O)CC(c2ccccc2)OC(=O)CC(c2ccccc2)OC1=O. The lowest BCUT2D eigenvalue weighted by Gasteiger charge is -2.31. The molecule has 0 radical (unpaired) electrons. The van der Waals surface area contributed by atoms with Crippen LogP contribution in [0.2, 0.25) is 0 Å². The minimum absolute atomic E-state index is 0.334. The molecule has 3 rings (SSSR count). The molecule has 10 heteroatoms. The molecule has 1 aliphatic heterocycles. The number of carbonyl (C=O) groups excluding carboxylic acids is 5. The Morgan fingerprint density at radius 3 is 1.67 bits per heavy atom. The van der Waals surface area contributed by atoms with Crippen LogP contribution in [0.25, 0.3) is 0 Å². The summed E-state index contributed by atoms with van der Waals surface area (Å²) in [7, 11) is 1.44. The first-order chi connectivity index (χ1) is 19.9. The molecule has 1 aliphatic rings. The van der Waals surface area contributed by atoms with Crippen LogP contribution < -0.4 is 5.32 Å². The summed E-state index contributed by atoms with van der Waals surface area (Å²) in [6.07, 6.45) is -3.90. The molecule has 2 aromatic rings. The van der Waals surface area contributed by atoms with Crippen molar-refractivity contribution in [3.63, 3.8) is 0 Å². The van der Waals surface area contributed by atoms with Gasteiger partial charge in [0.2, 0.25) is 5.91 Å². The Balaban J connectivity index is 2.04. The highest BCUT2D eigenvalue weighted by molar-refractivity contribution is 5.92. The van der Waals surface area contributed by atoms with E-state index in [0.29, 0.717) is 11.1 Å². The highest BCUT2D eigenvalue weighted by Gasteiger charge is 2.37. The van der Waals surface area contributed by atoms with E-state index in [-0.39, 0.29) is 18.8 Å². The predicted molar refractivity (Wildman–Crippen MR) is 154 cm³/mol. The highest BCUT2D eigenvalue weighted by Crippen LogP contribution is 2.28. The van der Waals surface area contributed by atoms with E-state index in [2.05, 4.69) is 5.32 Å². The summed E-state index contributed by atoms with van der Waals surface area (Å²) in [6.45, 7) is 8.46. The van der Waals surface area contributed by atoms with E-state index < -0.39 is 66.0 Å². The lowest BCUT2D eigenvalue weighted by molar-refractivity contribution is -0.168. The molecule has 2 aromatic carbocycles. The number of hydrogen-bond donors (Lipinski definition) is 1. The van der Waals surface area contributed by atoms with Crippen LogP contribution in [0.15, 0.2) is 60.7 Å². The number of cyclic esters (lactones) is 3. The number of nitrogens with one attached hydrogen (secondary N) is 1. The molecule has 1 saturated heterocycles. The first-order valence-corrected chi connectivity index (χ1v) is 14.1. The van der Waals surface area contributed by atoms with Gasteiger partial charge in [-0.15, -0.1) is 0 Å². The first-order valence-electron chi connectivity index (χ1n) is 14.1. The van der Waals surface area contributed by atoms with Crippen LogP contribution >= 0.6 is 0 Å². The van der Waals surface area contributed by atoms with E-state index >= 15 is 0 Å². The number of hydrogen-bond acceptors (Lipinski definition) is 8. The Hall–Kier alpha value is -4.21. The maximum absolute atomic E-state index is 13.4. The summed E-state index contributed by atoms with van der Waals surface area (Å²) in [5.74, 6) is -4.13. The van der Waals surface area contributed by atoms with E-state index in [0.717, 1.165) is 0 Å². The number of amides is 2. The van der Waals surface area contributed by atoms with E-state index in [4.69, 9.17) is 14.2 Å². The summed E-state index contributed by atoms with van der Waals surface area (Å²) < 4.78 is 17.2. The molecule has 0 spiro atoms. The van der Waals surface area contributed by atoms with E-state index in [1.807, 2.05) is 0 Å². The monoisotopic (exact) mass is 580 g/mol. The molecular formula is C32H40N2O8. The lowest BCUT2D eigenvalue weighted by Crippen LogP contribution is -2.55. The molecule has 0 saturated carbocycles. The third-order valence-corrected chi connectivity index (χ3v) is 7.21. The molecule has 0 bridgehead atoms. The number of carbonyl (C=O) groups is 5. The number of ether oxygens (including phenoxy) is 3. The van der Waals surface area contributed by atoms with Crippen LogP contribution in [0.1, 0.15) is 70.8 Å². The van der Waals surface area contributed by atoms with Gasteiger partial charge in [-0.05, 0) is 29.9 Å². The molecule has 1 fully saturated rings. The second-order valence-electron chi connectivity index (χ2n) is 11.1. The van der Waals surface area contributed by atoms with Gasteiger partial charge in [0, 0.05) is 7.05 Å². The van der Waals surface area contributed by atoms with Crippen LogP contribution in [0.5, 0.6) is 0 Å². The number of esters is 3. The molecule has 0 aliphatic carbocycles. The second-order valence-corrected chi connectivity index (χ2v) is 11.1. The Morgan fingerprint density at radius 2 is 1.19 bits per heavy atom. The topological polar surface area (TPSA) is 128 Å². The fourth-order valence-corrected chi connectivity index (χ4v) is 4.51. The first kappa shape index (κ1) is 32.3. The quantitative estimate of drug-likeness (QED) is 0.426. The molecule has 42 heavy (non-hydrogen) atoms. The average molecular weight is 581 g/mol. The van der Waals surface area contributed by atoms with Gasteiger partial charge in [0.05, 0.1) is 12.8 Å². The second kappa shape index (κ2) is 14.6. The van der Waals surface area contributed by atoms with Crippen molar-refractivity contribution in [2.24, 2.45) is 11.8 Å². The zero-order chi connectivity index (χ0) is 31.0. The van der Waals surface area contributed by atoms with Crippen molar-refractivity contribution in [2.75, 3.05) is 7.05 Å². The zero-order valence-corrected chi connectivity index (χ0v) is 24.9. The van der Waals surface area contributed by atoms with Gasteiger partial charge in [0.1, 0.15) is 24.3 Å². The Bertz CT molecular complexity index is 1250. The Morgan fingerprint density at radius 1 is 0.714 bits per heavy atom. The molecule has 2 amide bonds. The van der Waals surface area contributed by atoms with Gasteiger partial charge in [-0.3, -0.25) is 19.2 Å². The number of likely N-dealkylation sites (N-methyl/N-ethyl adjacent to an activating group) is 1. The van der Waals surface area contributed by atoms with Gasteiger partial charge in [-0.1, -0.05) is 88.4 Å². The van der Waals surface area contributed by atoms with Crippen LogP contribution in [0, 0.1) is 11.8 Å². The van der Waals surface area contributed by atoms with Gasteiger partial charge in [-0.2, -0.15) is 0 Å². The normalized spacial score (nSPS) is 25.4. The van der Waals surface area contributed by atoms with E-state index in [1.165, 1.54) is 18.9 Å². The predicted octanol–water partition coefficient (Wildman–Crippen LogP) is 3.90. The van der Waals surface area contributed by atoms with Crippen molar-refractivity contribution in [1.29, 1.82) is 0 Å². The van der Waals surface area contributed by atoms with Gasteiger partial charge in [0.25, 0.3) is 5.91 Å². The standard InChI is InChI=1S/C32H40N2O8/c1-19(2)28-32(39)41-25(23-15-11-8-12-16-23)18-26(35)40-24(22-13-9-7-10-14-22)17-27(36)42-29(20(3)4)31(38)34(6)21(5)30(37)33-28/h7-16,19-21,24-25,28-29H,17-18H2,1-6H3,(H,33,37). The number of benzene rings is 2. The summed E-state index contributed by atoms with van der Waals surface area (Å²) in [6, 6.07) is 15.4. The zero-order valence-electron chi connectivity index (χ0n) is 24.9. The van der Waals surface area contributed by atoms with Crippen molar-refractivity contribution in [2.45, 2.75) is 77.9 Å². The molecule has 5 unspecified atom stereocenters. The maximum atomic E-state index is 13.4. The summed E-state index contributed by atoms with van der Waals surface area (Å²) in [5, 5.41) is 2.69. The van der Waals surface area contributed by atoms with Crippen LogP contribution in [0.4, 0.5) is 0 Å². The molecule has 5 atom stereocenters. The minimum atomic E-state index is -1.19. The maximum Gasteiger partial charge on any atom is 0.329 e. The van der Waals surface area contributed by atoms with Gasteiger partial charge in [0.15, 0.2) is 6.10 Å². The Labute approximate surface area is 246 Å². The number of nitrogens with zero attached hydrogens (tertiary/aromatic N) is 1. The third-order valence-electron chi connectivity index (χ3n) is 7.21. The van der Waals surface area contributed by atoms with Crippen molar-refractivity contribution in [3.8, 4) is 0 Å². The fourth-order valence-electron chi connectivity index (χ4n) is 4.51. The van der Waals surface area contributed by atoms with Gasteiger partial charge in [-0.25, -0.2) is 4.79 Å². The summed E-state index contributed by atoms with van der Waals surface area (Å²) >= 11 is 0. The minimum Gasteiger partial charge on any atom is -0.457 e. The van der Waals surface area contributed by atoms with Crippen LogP contribution in [-0.4, -0.2) is 59.9 Å². The lowest BCUT2D eigenvalue weighted by atomic mass is 10.0. The number of rotatable bonds is 4. The van der Waals surface area contributed by atoms with Crippen molar-refractivity contribution in [3.05, 3.63) is 71.8 Å². The Kier molecular flexibility index (Phi) is 11.2. The van der Waals surface area contributed by atoms with Gasteiger partial charge < -0.3 is 24.4 Å². The molecule has 1 heterocycles. The van der Waals surface area contributed by atoms with E-state index in [1.54, 1.807) is 88.4 Å². The molecule has 1 N–H and O–H groups in total. The molecule has 10 nitrogen and oxygen atoms in total. The van der Waals surface area contributed by atoms with Crippen LogP contribution in [0.3, 0.4) is 0 Å².